The maximum Gasteiger partial charge on any atom is 0.224 e. The van der Waals surface area contributed by atoms with Crippen LogP contribution in [0, 0.1) is 0 Å². The van der Waals surface area contributed by atoms with Gasteiger partial charge < -0.3 is 4.74 Å². The van der Waals surface area contributed by atoms with E-state index in [0.29, 0.717) is 16.9 Å². The van der Waals surface area contributed by atoms with Crippen LogP contribution in [0.1, 0.15) is 6.92 Å². The average Bonchev–Trinajstić information content (AvgIpc) is 2.82. The van der Waals surface area contributed by atoms with Crippen molar-refractivity contribution in [3.63, 3.8) is 0 Å². The van der Waals surface area contributed by atoms with Crippen LogP contribution in [0.25, 0.3) is 16.9 Å². The lowest BCUT2D eigenvalue weighted by atomic mass is 10.3. The molecule has 19 heavy (non-hydrogen) atoms. The zero-order chi connectivity index (χ0) is 13.8. The van der Waals surface area contributed by atoms with Crippen LogP contribution in [0.15, 0.2) is 36.8 Å². The van der Waals surface area contributed by atoms with Crippen molar-refractivity contribution in [3.8, 4) is 0 Å². The van der Waals surface area contributed by atoms with E-state index in [4.69, 9.17) is 16.3 Å². The highest BCUT2D eigenvalue weighted by atomic mass is 35.5. The number of methoxy groups -OCH3 is 1. The SMILES string of the molecule is C=C(C=CC(=CC)n1nnc2cnc(Cl)nc21)OC. The standard InChI is InChI=1S/C12H12ClN5O/c1-4-9(6-5-8(2)19-3)18-11-10(16-17-18)7-14-12(13)15-11/h4-7H,2H2,1,3H3. The Kier molecular flexibility index (Phi) is 3.91. The van der Waals surface area contributed by atoms with E-state index >= 15 is 0 Å². The van der Waals surface area contributed by atoms with Gasteiger partial charge in [-0.2, -0.15) is 9.67 Å². The maximum absolute atomic E-state index is 5.78. The van der Waals surface area contributed by atoms with Crippen LogP contribution < -0.4 is 0 Å². The molecule has 0 amide bonds. The molecule has 98 valence electrons. The fourth-order valence-corrected chi connectivity index (χ4v) is 1.55. The summed E-state index contributed by atoms with van der Waals surface area (Å²) in [7, 11) is 1.56. The molecule has 6 nitrogen and oxygen atoms in total. The first-order valence-corrected chi connectivity index (χ1v) is 5.85. The zero-order valence-corrected chi connectivity index (χ0v) is 11.3. The summed E-state index contributed by atoms with van der Waals surface area (Å²) in [6, 6.07) is 0. The van der Waals surface area contributed by atoms with Gasteiger partial charge in [-0.05, 0) is 30.7 Å². The number of halogens is 1. The number of hydrogen-bond donors (Lipinski definition) is 0. The summed E-state index contributed by atoms with van der Waals surface area (Å²) in [5.41, 5.74) is 1.89. The quantitative estimate of drug-likeness (QED) is 0.488. The molecule has 0 aliphatic carbocycles. The van der Waals surface area contributed by atoms with Gasteiger partial charge in [0.25, 0.3) is 0 Å². The number of fused-ring (bicyclic) bond motifs is 1. The van der Waals surface area contributed by atoms with E-state index in [9.17, 15) is 0 Å². The van der Waals surface area contributed by atoms with Gasteiger partial charge in [-0.15, -0.1) is 5.10 Å². The summed E-state index contributed by atoms with van der Waals surface area (Å²) in [5, 5.41) is 8.15. The number of ether oxygens (including phenoxy) is 1. The topological polar surface area (TPSA) is 65.7 Å². The van der Waals surface area contributed by atoms with Crippen molar-refractivity contribution in [1.29, 1.82) is 0 Å². The van der Waals surface area contributed by atoms with Crippen molar-refractivity contribution in [3.05, 3.63) is 42.0 Å². The Bertz CT molecular complexity index is 674. The van der Waals surface area contributed by atoms with Crippen LogP contribution in [0.5, 0.6) is 0 Å². The second-order valence-corrected chi connectivity index (χ2v) is 3.90. The predicted octanol–water partition coefficient (Wildman–Crippen LogP) is 2.45. The van der Waals surface area contributed by atoms with Crippen molar-refractivity contribution >= 4 is 28.5 Å². The van der Waals surface area contributed by atoms with Gasteiger partial charge >= 0.3 is 0 Å². The summed E-state index contributed by atoms with van der Waals surface area (Å²) in [4.78, 5) is 7.98. The largest absolute Gasteiger partial charge is 0.497 e. The summed E-state index contributed by atoms with van der Waals surface area (Å²) >= 11 is 5.78. The lowest BCUT2D eigenvalue weighted by Gasteiger charge is -2.02. The Labute approximate surface area is 115 Å². The third-order valence-electron chi connectivity index (χ3n) is 2.41. The third-order valence-corrected chi connectivity index (χ3v) is 2.59. The first-order chi connectivity index (χ1) is 9.15. The molecule has 0 aromatic carbocycles. The summed E-state index contributed by atoms with van der Waals surface area (Å²) < 4.78 is 6.54. The van der Waals surface area contributed by atoms with Gasteiger partial charge in [-0.1, -0.05) is 17.9 Å². The molecule has 0 radical (unpaired) electrons. The number of nitrogens with zero attached hydrogens (tertiary/aromatic N) is 5. The third kappa shape index (κ3) is 2.79. The van der Waals surface area contributed by atoms with Crippen LogP contribution >= 0.6 is 11.6 Å². The first kappa shape index (κ1) is 13.2. The van der Waals surface area contributed by atoms with E-state index in [-0.39, 0.29) is 5.28 Å². The Hall–Kier alpha value is -2.21. The molecule has 7 heteroatoms. The minimum atomic E-state index is 0.150. The van der Waals surface area contributed by atoms with Crippen molar-refractivity contribution in [2.45, 2.75) is 6.92 Å². The molecule has 0 bridgehead atoms. The fourth-order valence-electron chi connectivity index (χ4n) is 1.42. The molecule has 0 fully saturated rings. The first-order valence-electron chi connectivity index (χ1n) is 5.47. The highest BCUT2D eigenvalue weighted by molar-refractivity contribution is 6.28. The van der Waals surface area contributed by atoms with E-state index in [0.717, 1.165) is 5.70 Å². The van der Waals surface area contributed by atoms with Crippen LogP contribution in [0.4, 0.5) is 0 Å². The van der Waals surface area contributed by atoms with E-state index in [1.165, 1.54) is 6.20 Å². The van der Waals surface area contributed by atoms with Crippen molar-refractivity contribution in [1.82, 2.24) is 25.0 Å². The number of allylic oxidation sites excluding steroid dienone is 4. The Balaban J connectivity index is 2.44. The molecule has 0 atom stereocenters. The molecule has 0 aliphatic heterocycles. The molecule has 0 spiro atoms. The van der Waals surface area contributed by atoms with Gasteiger partial charge in [0, 0.05) is 0 Å². The minimum absolute atomic E-state index is 0.150. The minimum Gasteiger partial charge on any atom is -0.497 e. The van der Waals surface area contributed by atoms with Gasteiger partial charge in [0.15, 0.2) is 11.2 Å². The zero-order valence-electron chi connectivity index (χ0n) is 10.5. The monoisotopic (exact) mass is 277 g/mol. The fraction of sp³-hybridized carbons (Fsp3) is 0.167. The number of hydrogen-bond acceptors (Lipinski definition) is 5. The van der Waals surface area contributed by atoms with Crippen LogP contribution in [-0.4, -0.2) is 32.1 Å². The molecule has 0 saturated heterocycles. The molecular formula is C12H12ClN5O. The molecule has 0 saturated carbocycles. The van der Waals surface area contributed by atoms with Crippen LogP contribution in [0.3, 0.4) is 0 Å². The molecule has 2 rings (SSSR count). The Morgan fingerprint density at radius 3 is 2.95 bits per heavy atom. The van der Waals surface area contributed by atoms with E-state index in [1.54, 1.807) is 23.9 Å². The lowest BCUT2D eigenvalue weighted by molar-refractivity contribution is 0.309. The average molecular weight is 278 g/mol. The van der Waals surface area contributed by atoms with Gasteiger partial charge in [0.05, 0.1) is 19.0 Å². The molecule has 2 aromatic heterocycles. The molecule has 2 aromatic rings. The Morgan fingerprint density at radius 1 is 1.47 bits per heavy atom. The lowest BCUT2D eigenvalue weighted by Crippen LogP contribution is -1.99. The molecule has 2 heterocycles. The van der Waals surface area contributed by atoms with E-state index in [1.807, 2.05) is 13.0 Å². The predicted molar refractivity (Wildman–Crippen MR) is 73.4 cm³/mol. The molecule has 0 N–H and O–H groups in total. The Morgan fingerprint density at radius 2 is 2.26 bits per heavy atom. The second kappa shape index (κ2) is 5.62. The number of rotatable bonds is 4. The number of aromatic nitrogens is 5. The van der Waals surface area contributed by atoms with Crippen molar-refractivity contribution < 1.29 is 4.74 Å². The highest BCUT2D eigenvalue weighted by Crippen LogP contribution is 2.15. The summed E-state index contributed by atoms with van der Waals surface area (Å²) in [5.74, 6) is 0.538. The van der Waals surface area contributed by atoms with Crippen molar-refractivity contribution in [2.75, 3.05) is 7.11 Å². The van der Waals surface area contributed by atoms with Gasteiger partial charge in [-0.3, -0.25) is 0 Å². The van der Waals surface area contributed by atoms with Crippen molar-refractivity contribution in [2.24, 2.45) is 0 Å². The van der Waals surface area contributed by atoms with E-state index < -0.39 is 0 Å². The van der Waals surface area contributed by atoms with Gasteiger partial charge in [0.1, 0.15) is 5.76 Å². The van der Waals surface area contributed by atoms with Crippen LogP contribution in [-0.2, 0) is 4.74 Å². The second-order valence-electron chi connectivity index (χ2n) is 3.57. The maximum atomic E-state index is 5.78. The molecular weight excluding hydrogens is 266 g/mol. The van der Waals surface area contributed by atoms with Gasteiger partial charge in [0.2, 0.25) is 5.28 Å². The normalized spacial score (nSPS) is 12.3. The molecule has 0 unspecified atom stereocenters. The van der Waals surface area contributed by atoms with Crippen LogP contribution in [0.2, 0.25) is 5.28 Å². The summed E-state index contributed by atoms with van der Waals surface area (Å²) in [6.45, 7) is 5.59. The van der Waals surface area contributed by atoms with E-state index in [2.05, 4.69) is 26.9 Å². The summed E-state index contributed by atoms with van der Waals surface area (Å²) in [6.07, 6.45) is 6.92. The molecule has 0 aliphatic rings. The highest BCUT2D eigenvalue weighted by Gasteiger charge is 2.09. The smallest absolute Gasteiger partial charge is 0.224 e. The van der Waals surface area contributed by atoms with Gasteiger partial charge in [-0.25, -0.2) is 4.98 Å².